The molecule has 4 heteroatoms. The van der Waals surface area contributed by atoms with E-state index >= 15 is 0 Å². The molecule has 1 aromatic rings. The van der Waals surface area contributed by atoms with Crippen molar-refractivity contribution in [3.05, 3.63) is 41.5 Å². The summed E-state index contributed by atoms with van der Waals surface area (Å²) < 4.78 is 11.7. The molecule has 2 atom stereocenters. The van der Waals surface area contributed by atoms with Crippen LogP contribution in [0.2, 0.25) is 0 Å². The third-order valence-corrected chi connectivity index (χ3v) is 3.51. The van der Waals surface area contributed by atoms with E-state index in [-0.39, 0.29) is 18.3 Å². The molecule has 0 aromatic heterocycles. The number of aliphatic carboxylic acids is 1. The molecule has 114 valence electrons. The van der Waals surface area contributed by atoms with Gasteiger partial charge in [-0.05, 0) is 50.0 Å². The average molecular weight is 290 g/mol. The second-order valence-corrected chi connectivity index (χ2v) is 5.58. The lowest BCUT2D eigenvalue weighted by Crippen LogP contribution is -2.33. The zero-order chi connectivity index (χ0) is 15.2. The summed E-state index contributed by atoms with van der Waals surface area (Å²) in [7, 11) is 0. The fourth-order valence-corrected chi connectivity index (χ4v) is 2.65. The first-order valence-electron chi connectivity index (χ1n) is 7.30. The molecule has 1 heterocycles. The minimum atomic E-state index is -0.943. The summed E-state index contributed by atoms with van der Waals surface area (Å²) in [5.41, 5.74) is 1.92. The molecule has 1 aliphatic heterocycles. The van der Waals surface area contributed by atoms with Crippen LogP contribution in [0.15, 0.2) is 30.3 Å². The SMILES string of the molecule is CC1CC(OCc2cccc(/C=C/C(=O)O)c2)CC(C)O1. The Kier molecular flexibility index (Phi) is 5.53. The maximum absolute atomic E-state index is 10.5. The number of benzene rings is 1. The van der Waals surface area contributed by atoms with Gasteiger partial charge < -0.3 is 14.6 Å². The van der Waals surface area contributed by atoms with Gasteiger partial charge in [0.05, 0.1) is 24.9 Å². The van der Waals surface area contributed by atoms with Gasteiger partial charge >= 0.3 is 5.97 Å². The van der Waals surface area contributed by atoms with Crippen molar-refractivity contribution in [1.29, 1.82) is 0 Å². The number of ether oxygens (including phenoxy) is 2. The molecule has 1 saturated heterocycles. The molecule has 1 aliphatic rings. The zero-order valence-electron chi connectivity index (χ0n) is 12.5. The Morgan fingerprint density at radius 3 is 2.76 bits per heavy atom. The first kappa shape index (κ1) is 15.7. The predicted molar refractivity (Wildman–Crippen MR) is 80.9 cm³/mol. The van der Waals surface area contributed by atoms with E-state index in [4.69, 9.17) is 14.6 Å². The molecule has 0 saturated carbocycles. The topological polar surface area (TPSA) is 55.8 Å². The van der Waals surface area contributed by atoms with Crippen molar-refractivity contribution in [1.82, 2.24) is 0 Å². The fourth-order valence-electron chi connectivity index (χ4n) is 2.65. The van der Waals surface area contributed by atoms with E-state index in [1.807, 2.05) is 24.3 Å². The van der Waals surface area contributed by atoms with Gasteiger partial charge in [0.1, 0.15) is 0 Å². The molecule has 1 fully saturated rings. The highest BCUT2D eigenvalue weighted by Gasteiger charge is 2.24. The molecule has 0 amide bonds. The van der Waals surface area contributed by atoms with Gasteiger partial charge in [-0.15, -0.1) is 0 Å². The number of carbonyl (C=O) groups is 1. The standard InChI is InChI=1S/C17H22O4/c1-12-8-16(9-13(2)21-12)20-11-15-5-3-4-14(10-15)6-7-17(18)19/h3-7,10,12-13,16H,8-9,11H2,1-2H3,(H,18,19)/b7-6+. The largest absolute Gasteiger partial charge is 0.478 e. The maximum atomic E-state index is 10.5. The third kappa shape index (κ3) is 5.33. The van der Waals surface area contributed by atoms with E-state index in [9.17, 15) is 4.79 Å². The quantitative estimate of drug-likeness (QED) is 0.846. The summed E-state index contributed by atoms with van der Waals surface area (Å²) in [6, 6.07) is 7.73. The van der Waals surface area contributed by atoms with E-state index in [0.29, 0.717) is 6.61 Å². The van der Waals surface area contributed by atoms with E-state index in [2.05, 4.69) is 13.8 Å². The molecule has 1 aromatic carbocycles. The second-order valence-electron chi connectivity index (χ2n) is 5.58. The number of carboxylic acids is 1. The Bertz CT molecular complexity index is 499. The molecule has 2 rings (SSSR count). The third-order valence-electron chi connectivity index (χ3n) is 3.51. The summed E-state index contributed by atoms with van der Waals surface area (Å²) in [5.74, 6) is -0.943. The van der Waals surface area contributed by atoms with Crippen molar-refractivity contribution >= 4 is 12.0 Å². The van der Waals surface area contributed by atoms with E-state index in [1.54, 1.807) is 6.08 Å². The molecule has 4 nitrogen and oxygen atoms in total. The first-order valence-corrected chi connectivity index (χ1v) is 7.30. The Balaban J connectivity index is 1.91. The van der Waals surface area contributed by atoms with Crippen LogP contribution in [0.25, 0.3) is 6.08 Å². The van der Waals surface area contributed by atoms with Crippen molar-refractivity contribution in [3.8, 4) is 0 Å². The van der Waals surface area contributed by atoms with Crippen molar-refractivity contribution in [2.45, 2.75) is 51.6 Å². The summed E-state index contributed by atoms with van der Waals surface area (Å²) in [6.45, 7) is 4.69. The van der Waals surface area contributed by atoms with Gasteiger partial charge in [-0.25, -0.2) is 4.79 Å². The van der Waals surface area contributed by atoms with Crippen LogP contribution < -0.4 is 0 Å². The highest BCUT2D eigenvalue weighted by molar-refractivity contribution is 5.85. The Hall–Kier alpha value is -1.65. The van der Waals surface area contributed by atoms with Crippen LogP contribution >= 0.6 is 0 Å². The molecular formula is C17H22O4. The minimum Gasteiger partial charge on any atom is -0.478 e. The maximum Gasteiger partial charge on any atom is 0.328 e. The van der Waals surface area contributed by atoms with Crippen LogP contribution in [0, 0.1) is 0 Å². The normalized spacial score (nSPS) is 26.1. The monoisotopic (exact) mass is 290 g/mol. The van der Waals surface area contributed by atoms with Crippen LogP contribution in [-0.4, -0.2) is 29.4 Å². The summed E-state index contributed by atoms with van der Waals surface area (Å²) in [6.07, 6.45) is 5.27. The summed E-state index contributed by atoms with van der Waals surface area (Å²) in [4.78, 5) is 10.5. The van der Waals surface area contributed by atoms with Crippen LogP contribution in [0.4, 0.5) is 0 Å². The van der Waals surface area contributed by atoms with Gasteiger partial charge in [-0.2, -0.15) is 0 Å². The van der Waals surface area contributed by atoms with Crippen LogP contribution in [0.1, 0.15) is 37.8 Å². The molecule has 0 spiro atoms. The van der Waals surface area contributed by atoms with Crippen molar-refractivity contribution in [3.63, 3.8) is 0 Å². The lowest BCUT2D eigenvalue weighted by molar-refractivity contribution is -0.131. The lowest BCUT2D eigenvalue weighted by atomic mass is 10.0. The van der Waals surface area contributed by atoms with Gasteiger partial charge in [-0.1, -0.05) is 18.2 Å². The van der Waals surface area contributed by atoms with E-state index in [1.165, 1.54) is 0 Å². The van der Waals surface area contributed by atoms with E-state index < -0.39 is 5.97 Å². The summed E-state index contributed by atoms with van der Waals surface area (Å²) >= 11 is 0. The van der Waals surface area contributed by atoms with Gasteiger partial charge in [-0.3, -0.25) is 0 Å². The molecule has 2 unspecified atom stereocenters. The fraction of sp³-hybridized carbons (Fsp3) is 0.471. The molecule has 0 bridgehead atoms. The number of rotatable bonds is 5. The predicted octanol–water partition coefficient (Wildman–Crippen LogP) is 3.26. The van der Waals surface area contributed by atoms with Crippen LogP contribution in [-0.2, 0) is 20.9 Å². The highest BCUT2D eigenvalue weighted by Crippen LogP contribution is 2.22. The Morgan fingerprint density at radius 1 is 1.38 bits per heavy atom. The molecule has 1 N–H and O–H groups in total. The first-order chi connectivity index (χ1) is 10.0. The summed E-state index contributed by atoms with van der Waals surface area (Å²) in [5, 5.41) is 8.64. The Morgan fingerprint density at radius 2 is 2.10 bits per heavy atom. The molecule has 0 radical (unpaired) electrons. The minimum absolute atomic E-state index is 0.224. The van der Waals surface area contributed by atoms with Gasteiger partial charge in [0.2, 0.25) is 0 Å². The Labute approximate surface area is 125 Å². The smallest absolute Gasteiger partial charge is 0.328 e. The lowest BCUT2D eigenvalue weighted by Gasteiger charge is -2.32. The van der Waals surface area contributed by atoms with Crippen LogP contribution in [0.5, 0.6) is 0 Å². The second kappa shape index (κ2) is 7.38. The molecule has 21 heavy (non-hydrogen) atoms. The number of hydrogen-bond donors (Lipinski definition) is 1. The number of hydrogen-bond acceptors (Lipinski definition) is 3. The molecular weight excluding hydrogens is 268 g/mol. The van der Waals surface area contributed by atoms with Crippen molar-refractivity contribution in [2.75, 3.05) is 0 Å². The van der Waals surface area contributed by atoms with Gasteiger partial charge in [0.15, 0.2) is 0 Å². The van der Waals surface area contributed by atoms with E-state index in [0.717, 1.165) is 30.0 Å². The average Bonchev–Trinajstić information content (AvgIpc) is 2.42. The highest BCUT2D eigenvalue weighted by atomic mass is 16.5. The van der Waals surface area contributed by atoms with Crippen LogP contribution in [0.3, 0.4) is 0 Å². The number of carboxylic acid groups (broad SMARTS) is 1. The van der Waals surface area contributed by atoms with Gasteiger partial charge in [0, 0.05) is 6.08 Å². The molecule has 0 aliphatic carbocycles. The zero-order valence-corrected chi connectivity index (χ0v) is 12.5. The van der Waals surface area contributed by atoms with Crippen molar-refractivity contribution < 1.29 is 19.4 Å². The van der Waals surface area contributed by atoms with Gasteiger partial charge in [0.25, 0.3) is 0 Å². The van der Waals surface area contributed by atoms with Crippen molar-refractivity contribution in [2.24, 2.45) is 0 Å².